The Kier molecular flexibility index (Phi) is 10.3. The van der Waals surface area contributed by atoms with E-state index in [0.717, 1.165) is 45.4 Å². The molecule has 4 aromatic carbocycles. The number of aromatic carboxylic acids is 1. The second-order valence-corrected chi connectivity index (χ2v) is 15.1. The molecule has 4 aromatic rings. The first-order valence-corrected chi connectivity index (χ1v) is 17.8. The SMILES string of the molecule is COc1ccc(-c2cc(C)c(C(=O)[O-])c(-c3ccccc3)c2C)cc1C1=C(CN2C(=O)O[C@@H](c3cc(C(F)(F)F)cc(C(F)(F)F)c3)[C@@H]2C)CC(C)(C)CC1. The fourth-order valence-electron chi connectivity index (χ4n) is 7.95. The van der Waals surface area contributed by atoms with E-state index >= 15 is 0 Å². The monoisotopic (exact) mass is 764 g/mol. The van der Waals surface area contributed by atoms with Crippen molar-refractivity contribution in [1.82, 2.24) is 4.90 Å². The van der Waals surface area contributed by atoms with Crippen LogP contribution in [0.2, 0.25) is 0 Å². The Labute approximate surface area is 315 Å². The molecule has 55 heavy (non-hydrogen) atoms. The van der Waals surface area contributed by atoms with Crippen molar-refractivity contribution in [2.75, 3.05) is 13.7 Å². The fourth-order valence-corrected chi connectivity index (χ4v) is 7.95. The van der Waals surface area contributed by atoms with Gasteiger partial charge in [0.2, 0.25) is 0 Å². The number of carbonyl (C=O) groups is 2. The molecule has 2 atom stereocenters. The molecule has 6 nitrogen and oxygen atoms in total. The molecular formula is C43H40F6NO5-. The minimum absolute atomic E-state index is 0.0182. The third-order valence-corrected chi connectivity index (χ3v) is 10.7. The molecular weight excluding hydrogens is 724 g/mol. The van der Waals surface area contributed by atoms with Crippen LogP contribution in [-0.4, -0.2) is 36.7 Å². The molecule has 2 aliphatic rings. The molecule has 0 N–H and O–H groups in total. The predicted octanol–water partition coefficient (Wildman–Crippen LogP) is 10.6. The number of rotatable bonds is 8. The number of alkyl halides is 6. The van der Waals surface area contributed by atoms with Crippen LogP contribution >= 0.6 is 0 Å². The maximum atomic E-state index is 13.7. The van der Waals surface area contributed by atoms with Crippen LogP contribution in [0.15, 0.2) is 78.4 Å². The van der Waals surface area contributed by atoms with E-state index in [0.29, 0.717) is 41.9 Å². The van der Waals surface area contributed by atoms with Gasteiger partial charge in [-0.3, -0.25) is 4.90 Å². The third kappa shape index (κ3) is 7.81. The van der Waals surface area contributed by atoms with Gasteiger partial charge in [-0.15, -0.1) is 0 Å². The van der Waals surface area contributed by atoms with Crippen LogP contribution in [-0.2, 0) is 17.1 Å². The second-order valence-electron chi connectivity index (χ2n) is 15.1. The summed E-state index contributed by atoms with van der Waals surface area (Å²) in [6, 6.07) is 17.0. The van der Waals surface area contributed by atoms with Crippen LogP contribution in [0.1, 0.15) is 89.9 Å². The summed E-state index contributed by atoms with van der Waals surface area (Å²) in [6.07, 6.45) is -10.5. The summed E-state index contributed by atoms with van der Waals surface area (Å²) in [4.78, 5) is 27.2. The highest BCUT2D eigenvalue weighted by Gasteiger charge is 2.44. The minimum atomic E-state index is -5.06. The minimum Gasteiger partial charge on any atom is -0.545 e. The average molecular weight is 765 g/mol. The van der Waals surface area contributed by atoms with E-state index in [1.165, 1.54) is 12.0 Å². The molecule has 290 valence electrons. The Hall–Kier alpha value is -5.26. The van der Waals surface area contributed by atoms with Crippen molar-refractivity contribution < 1.29 is 50.5 Å². The lowest BCUT2D eigenvalue weighted by atomic mass is 9.72. The van der Waals surface area contributed by atoms with Gasteiger partial charge in [-0.1, -0.05) is 56.3 Å². The number of allylic oxidation sites excluding steroid dienone is 1. The van der Waals surface area contributed by atoms with Crippen LogP contribution in [0.3, 0.4) is 0 Å². The van der Waals surface area contributed by atoms with Crippen molar-refractivity contribution >= 4 is 17.6 Å². The van der Waals surface area contributed by atoms with Gasteiger partial charge in [-0.05, 0) is 126 Å². The number of halogens is 6. The first-order chi connectivity index (χ1) is 25.7. The maximum Gasteiger partial charge on any atom is 0.416 e. The summed E-state index contributed by atoms with van der Waals surface area (Å²) in [7, 11) is 1.54. The summed E-state index contributed by atoms with van der Waals surface area (Å²) in [5.41, 5.74) is 3.13. The Morgan fingerprint density at radius 1 is 0.909 bits per heavy atom. The van der Waals surface area contributed by atoms with E-state index in [9.17, 15) is 41.0 Å². The smallest absolute Gasteiger partial charge is 0.416 e. The topological polar surface area (TPSA) is 78.9 Å². The predicted molar refractivity (Wildman–Crippen MR) is 194 cm³/mol. The molecule has 0 unspecified atom stereocenters. The Morgan fingerprint density at radius 3 is 2.13 bits per heavy atom. The number of cyclic esters (lactones) is 1. The third-order valence-electron chi connectivity index (χ3n) is 10.7. The molecule has 0 spiro atoms. The van der Waals surface area contributed by atoms with E-state index in [-0.39, 0.29) is 23.6 Å². The Morgan fingerprint density at radius 2 is 1.55 bits per heavy atom. The van der Waals surface area contributed by atoms with Crippen molar-refractivity contribution in [2.24, 2.45) is 5.41 Å². The zero-order chi connectivity index (χ0) is 40.2. The van der Waals surface area contributed by atoms with Gasteiger partial charge in [0, 0.05) is 17.7 Å². The van der Waals surface area contributed by atoms with Crippen molar-refractivity contribution in [1.29, 1.82) is 0 Å². The summed E-state index contributed by atoms with van der Waals surface area (Å²) in [6.45, 7) is 9.32. The summed E-state index contributed by atoms with van der Waals surface area (Å²) < 4.78 is 93.7. The number of carboxylic acids is 1. The lowest BCUT2D eigenvalue weighted by molar-refractivity contribution is -0.255. The molecule has 0 aromatic heterocycles. The molecule has 0 saturated carbocycles. The van der Waals surface area contributed by atoms with Crippen molar-refractivity contribution in [2.45, 2.75) is 78.4 Å². The maximum absolute atomic E-state index is 13.7. The van der Waals surface area contributed by atoms with E-state index in [1.54, 1.807) is 13.8 Å². The summed E-state index contributed by atoms with van der Waals surface area (Å²) in [5.74, 6) is -0.731. The van der Waals surface area contributed by atoms with Crippen LogP contribution in [0.5, 0.6) is 5.75 Å². The zero-order valence-electron chi connectivity index (χ0n) is 31.2. The van der Waals surface area contributed by atoms with Gasteiger partial charge in [0.05, 0.1) is 30.2 Å². The van der Waals surface area contributed by atoms with E-state index < -0.39 is 53.3 Å². The normalized spacial score (nSPS) is 18.8. The highest BCUT2D eigenvalue weighted by atomic mass is 19.4. The number of benzene rings is 4. The number of ether oxygens (including phenoxy) is 2. The van der Waals surface area contributed by atoms with Gasteiger partial charge in [0.25, 0.3) is 0 Å². The molecule has 1 fully saturated rings. The van der Waals surface area contributed by atoms with Gasteiger partial charge >= 0.3 is 18.4 Å². The van der Waals surface area contributed by atoms with Gasteiger partial charge in [0.15, 0.2) is 0 Å². The lowest BCUT2D eigenvalue weighted by Crippen LogP contribution is -2.35. The van der Waals surface area contributed by atoms with E-state index in [2.05, 4.69) is 13.8 Å². The van der Waals surface area contributed by atoms with Gasteiger partial charge in [0.1, 0.15) is 11.9 Å². The first-order valence-electron chi connectivity index (χ1n) is 17.8. The first kappa shape index (κ1) is 39.4. The quantitative estimate of drug-likeness (QED) is 0.167. The number of carbonyl (C=O) groups excluding carboxylic acids is 2. The van der Waals surface area contributed by atoms with Crippen LogP contribution in [0.4, 0.5) is 31.1 Å². The summed E-state index contributed by atoms with van der Waals surface area (Å²) in [5, 5.41) is 12.4. The molecule has 1 amide bonds. The molecule has 1 heterocycles. The van der Waals surface area contributed by atoms with Crippen molar-refractivity contribution in [3.63, 3.8) is 0 Å². The van der Waals surface area contributed by atoms with Crippen LogP contribution in [0, 0.1) is 19.3 Å². The number of carboxylic acid groups (broad SMARTS) is 1. The van der Waals surface area contributed by atoms with Crippen molar-refractivity contribution in [3.8, 4) is 28.0 Å². The van der Waals surface area contributed by atoms with Gasteiger partial charge < -0.3 is 19.4 Å². The zero-order valence-corrected chi connectivity index (χ0v) is 31.2. The number of hydrogen-bond donors (Lipinski definition) is 0. The molecule has 12 heteroatoms. The molecule has 6 rings (SSSR count). The fraction of sp³-hybridized carbons (Fsp3) is 0.349. The average Bonchev–Trinajstić information content (AvgIpc) is 3.39. The molecule has 1 aliphatic heterocycles. The van der Waals surface area contributed by atoms with E-state index in [1.807, 2.05) is 61.5 Å². The number of nitrogens with zero attached hydrogens (tertiary/aromatic N) is 1. The molecule has 0 radical (unpaired) electrons. The standard InChI is InChI=1S/C43H41F6NO5/c1-23-16-33(24(2)37(36(23)39(51)52)26-10-8-7-9-11-26)27-12-13-35(54-6)34(19-27)32-14-15-41(4,5)21-29(32)22-50-25(3)38(55-40(50)53)28-17-30(42(44,45)46)20-31(18-28)43(47,48)49/h7-13,16-20,25,38H,14-15,21-22H2,1-6H3,(H,51,52)/p-1/t25-,38+/m0/s1. The second kappa shape index (κ2) is 14.4. The van der Waals surface area contributed by atoms with Crippen molar-refractivity contribution in [3.05, 3.63) is 117 Å². The molecule has 1 aliphatic carbocycles. The summed E-state index contributed by atoms with van der Waals surface area (Å²) >= 11 is 0. The number of aryl methyl sites for hydroxylation is 1. The van der Waals surface area contributed by atoms with Crippen LogP contribution < -0.4 is 9.84 Å². The van der Waals surface area contributed by atoms with Gasteiger partial charge in [-0.25, -0.2) is 4.79 Å². The highest BCUT2D eigenvalue weighted by Crippen LogP contribution is 2.48. The molecule has 1 saturated heterocycles. The number of methoxy groups -OCH3 is 1. The van der Waals surface area contributed by atoms with Crippen LogP contribution in [0.25, 0.3) is 27.8 Å². The Bertz CT molecular complexity index is 2160. The lowest BCUT2D eigenvalue weighted by Gasteiger charge is -2.36. The highest BCUT2D eigenvalue weighted by molar-refractivity contribution is 6.00. The molecule has 0 bridgehead atoms. The number of amides is 1. The van der Waals surface area contributed by atoms with Gasteiger partial charge in [-0.2, -0.15) is 26.3 Å². The number of hydrogen-bond acceptors (Lipinski definition) is 5. The largest absolute Gasteiger partial charge is 0.545 e. The Balaban J connectivity index is 1.44. The van der Waals surface area contributed by atoms with E-state index in [4.69, 9.17) is 9.47 Å².